The van der Waals surface area contributed by atoms with Gasteiger partial charge in [-0.15, -0.1) is 0 Å². The highest BCUT2D eigenvalue weighted by Gasteiger charge is 2.26. The molecular weight excluding hydrogens is 318 g/mol. The highest BCUT2D eigenvalue weighted by molar-refractivity contribution is 6.08. The van der Waals surface area contributed by atoms with Crippen LogP contribution in [0.4, 0.5) is 5.69 Å². The Bertz CT molecular complexity index is 815. The quantitative estimate of drug-likeness (QED) is 0.838. The molecule has 2 aromatic rings. The molecule has 1 aromatic heterocycles. The van der Waals surface area contributed by atoms with E-state index in [9.17, 15) is 9.59 Å². The number of hydrogen-bond acceptors (Lipinski definition) is 4. The van der Waals surface area contributed by atoms with E-state index in [0.717, 1.165) is 12.1 Å². The van der Waals surface area contributed by atoms with Crippen LogP contribution in [0.15, 0.2) is 42.7 Å². The fourth-order valence-corrected chi connectivity index (χ4v) is 3.33. The van der Waals surface area contributed by atoms with Crippen LogP contribution in [-0.2, 0) is 11.2 Å². The molecule has 2 amide bonds. The maximum absolute atomic E-state index is 12.9. The molecule has 0 bridgehead atoms. The van der Waals surface area contributed by atoms with Crippen molar-refractivity contribution in [3.8, 4) is 0 Å². The Kier molecular flexibility index (Phi) is 4.19. The maximum atomic E-state index is 12.9. The van der Waals surface area contributed by atoms with E-state index in [1.165, 1.54) is 18.0 Å². The second-order valence-corrected chi connectivity index (χ2v) is 6.20. The molecule has 25 heavy (non-hydrogen) atoms. The number of nitrogens with zero attached hydrogens (tertiary/aromatic N) is 3. The van der Waals surface area contributed by atoms with Crippen molar-refractivity contribution in [2.75, 3.05) is 37.7 Å². The molecule has 6 nitrogen and oxygen atoms in total. The first-order chi connectivity index (χ1) is 12.2. The zero-order valence-corrected chi connectivity index (χ0v) is 13.9. The third-order valence-electron chi connectivity index (χ3n) is 4.66. The Labute approximate surface area is 146 Å². The van der Waals surface area contributed by atoms with E-state index in [4.69, 9.17) is 4.74 Å². The zero-order valence-electron chi connectivity index (χ0n) is 13.9. The number of amides is 2. The van der Waals surface area contributed by atoms with Crippen molar-refractivity contribution < 1.29 is 14.3 Å². The lowest BCUT2D eigenvalue weighted by Crippen LogP contribution is -2.40. The minimum atomic E-state index is -0.117. The smallest absolute Gasteiger partial charge is 0.259 e. The Hall–Kier alpha value is -2.73. The molecule has 0 spiro atoms. The van der Waals surface area contributed by atoms with Crippen molar-refractivity contribution in [1.82, 2.24) is 9.88 Å². The Morgan fingerprint density at radius 2 is 1.68 bits per heavy atom. The molecule has 0 saturated carbocycles. The van der Waals surface area contributed by atoms with Crippen molar-refractivity contribution in [3.05, 3.63) is 59.4 Å². The van der Waals surface area contributed by atoms with Gasteiger partial charge in [0.05, 0.1) is 24.3 Å². The molecule has 1 aromatic carbocycles. The van der Waals surface area contributed by atoms with E-state index < -0.39 is 0 Å². The van der Waals surface area contributed by atoms with Crippen LogP contribution in [0.5, 0.6) is 0 Å². The van der Waals surface area contributed by atoms with Crippen LogP contribution < -0.4 is 4.90 Å². The summed E-state index contributed by atoms with van der Waals surface area (Å²) in [7, 11) is 0. The van der Waals surface area contributed by atoms with Gasteiger partial charge in [0.15, 0.2) is 0 Å². The van der Waals surface area contributed by atoms with Crippen molar-refractivity contribution in [2.45, 2.75) is 6.42 Å². The largest absolute Gasteiger partial charge is 0.378 e. The molecule has 0 N–H and O–H groups in total. The zero-order chi connectivity index (χ0) is 17.2. The molecule has 0 unspecified atom stereocenters. The topological polar surface area (TPSA) is 62.7 Å². The number of morpholine rings is 1. The van der Waals surface area contributed by atoms with Crippen molar-refractivity contribution in [3.63, 3.8) is 0 Å². The molecule has 0 radical (unpaired) electrons. The summed E-state index contributed by atoms with van der Waals surface area (Å²) in [4.78, 5) is 33.1. The lowest BCUT2D eigenvalue weighted by Gasteiger charge is -2.27. The Morgan fingerprint density at radius 3 is 2.48 bits per heavy atom. The van der Waals surface area contributed by atoms with E-state index in [2.05, 4.69) is 4.98 Å². The molecule has 128 valence electrons. The van der Waals surface area contributed by atoms with Gasteiger partial charge in [0.25, 0.3) is 11.8 Å². The average molecular weight is 337 g/mol. The molecule has 6 heteroatoms. The first kappa shape index (κ1) is 15.8. The van der Waals surface area contributed by atoms with Crippen LogP contribution in [0.3, 0.4) is 0 Å². The lowest BCUT2D eigenvalue weighted by atomic mass is 10.1. The predicted molar refractivity (Wildman–Crippen MR) is 92.8 cm³/mol. The third-order valence-corrected chi connectivity index (χ3v) is 4.66. The molecule has 4 rings (SSSR count). The summed E-state index contributed by atoms with van der Waals surface area (Å²) < 4.78 is 5.28. The van der Waals surface area contributed by atoms with Crippen LogP contribution in [0.2, 0.25) is 0 Å². The highest BCUT2D eigenvalue weighted by atomic mass is 16.5. The molecule has 1 fully saturated rings. The fraction of sp³-hybridized carbons (Fsp3) is 0.316. The van der Waals surface area contributed by atoms with Gasteiger partial charge in [-0.3, -0.25) is 14.6 Å². The predicted octanol–water partition coefficient (Wildman–Crippen LogP) is 1.76. The molecule has 0 atom stereocenters. The van der Waals surface area contributed by atoms with E-state index in [0.29, 0.717) is 44.0 Å². The lowest BCUT2D eigenvalue weighted by molar-refractivity contribution is 0.0302. The van der Waals surface area contributed by atoms with Gasteiger partial charge in [0.1, 0.15) is 0 Å². The first-order valence-electron chi connectivity index (χ1n) is 8.46. The second kappa shape index (κ2) is 6.64. The van der Waals surface area contributed by atoms with Gasteiger partial charge < -0.3 is 14.5 Å². The number of anilines is 1. The monoisotopic (exact) mass is 337 g/mol. The third kappa shape index (κ3) is 3.00. The SMILES string of the molecule is O=C(c1cncc(C(=O)N2CCc3ccccc32)c1)N1CCOCC1. The molecule has 3 heterocycles. The first-order valence-corrected chi connectivity index (χ1v) is 8.46. The number of carbonyl (C=O) groups excluding carboxylic acids is 2. The van der Waals surface area contributed by atoms with Gasteiger partial charge in [0.2, 0.25) is 0 Å². The number of para-hydroxylation sites is 1. The minimum Gasteiger partial charge on any atom is -0.378 e. The second-order valence-electron chi connectivity index (χ2n) is 6.20. The number of fused-ring (bicyclic) bond motifs is 1. The molecule has 1 saturated heterocycles. The van der Waals surface area contributed by atoms with Crippen LogP contribution in [0, 0.1) is 0 Å². The summed E-state index contributed by atoms with van der Waals surface area (Å²) in [5.74, 6) is -0.221. The van der Waals surface area contributed by atoms with Crippen LogP contribution >= 0.6 is 0 Å². The van der Waals surface area contributed by atoms with Gasteiger partial charge in [-0.2, -0.15) is 0 Å². The normalized spacial score (nSPS) is 16.6. The highest BCUT2D eigenvalue weighted by Crippen LogP contribution is 2.28. The van der Waals surface area contributed by atoms with E-state index in [-0.39, 0.29) is 11.8 Å². The molecule has 2 aliphatic rings. The number of pyridine rings is 1. The summed E-state index contributed by atoms with van der Waals surface area (Å²) in [6.07, 6.45) is 3.90. The maximum Gasteiger partial charge on any atom is 0.259 e. The number of hydrogen-bond donors (Lipinski definition) is 0. The van der Waals surface area contributed by atoms with Gasteiger partial charge in [-0.25, -0.2) is 0 Å². The van der Waals surface area contributed by atoms with E-state index in [1.54, 1.807) is 15.9 Å². The summed E-state index contributed by atoms with van der Waals surface area (Å²) in [5.41, 5.74) is 3.00. The number of ether oxygens (including phenoxy) is 1. The molecular formula is C19H19N3O3. The number of benzene rings is 1. The van der Waals surface area contributed by atoms with E-state index >= 15 is 0 Å². The minimum absolute atomic E-state index is 0.104. The van der Waals surface area contributed by atoms with E-state index in [1.807, 2.05) is 24.3 Å². The van der Waals surface area contributed by atoms with Crippen molar-refractivity contribution in [1.29, 1.82) is 0 Å². The van der Waals surface area contributed by atoms with Crippen LogP contribution in [0.25, 0.3) is 0 Å². The average Bonchev–Trinajstić information content (AvgIpc) is 3.12. The Morgan fingerprint density at radius 1 is 0.960 bits per heavy atom. The molecule has 0 aliphatic carbocycles. The van der Waals surface area contributed by atoms with Gasteiger partial charge >= 0.3 is 0 Å². The fourth-order valence-electron chi connectivity index (χ4n) is 3.33. The number of carbonyl (C=O) groups is 2. The summed E-state index contributed by atoms with van der Waals surface area (Å²) in [5, 5.41) is 0. The molecule has 2 aliphatic heterocycles. The number of rotatable bonds is 2. The standard InChI is InChI=1S/C19H19N3O3/c23-18(21-7-9-25-10-8-21)15-11-16(13-20-12-15)19(24)22-6-5-14-3-1-2-4-17(14)22/h1-4,11-13H,5-10H2. The summed E-state index contributed by atoms with van der Waals surface area (Å²) in [6, 6.07) is 9.56. The van der Waals surface area contributed by atoms with Crippen molar-refractivity contribution >= 4 is 17.5 Å². The van der Waals surface area contributed by atoms with Gasteiger partial charge in [0, 0.05) is 37.7 Å². The van der Waals surface area contributed by atoms with Crippen LogP contribution in [0.1, 0.15) is 26.3 Å². The van der Waals surface area contributed by atoms with Gasteiger partial charge in [-0.05, 0) is 24.1 Å². The Balaban J connectivity index is 1.57. The number of aromatic nitrogens is 1. The summed E-state index contributed by atoms with van der Waals surface area (Å²) >= 11 is 0. The van der Waals surface area contributed by atoms with Crippen LogP contribution in [-0.4, -0.2) is 54.5 Å². The van der Waals surface area contributed by atoms with Gasteiger partial charge in [-0.1, -0.05) is 18.2 Å². The summed E-state index contributed by atoms with van der Waals surface area (Å²) in [6.45, 7) is 2.87. The van der Waals surface area contributed by atoms with Crippen molar-refractivity contribution in [2.24, 2.45) is 0 Å².